The number of amides is 2. The molecule has 0 saturated carbocycles. The molecule has 136 valence electrons. The van der Waals surface area contributed by atoms with E-state index in [1.807, 2.05) is 37.3 Å². The van der Waals surface area contributed by atoms with Gasteiger partial charge in [-0.25, -0.2) is 0 Å². The molecule has 0 saturated heterocycles. The lowest BCUT2D eigenvalue weighted by molar-refractivity contribution is -0.133. The lowest BCUT2D eigenvalue weighted by Gasteiger charge is -2.20. The minimum absolute atomic E-state index is 0.0475. The van der Waals surface area contributed by atoms with Crippen LogP contribution in [-0.2, 0) is 16.1 Å². The molecule has 2 aromatic carbocycles. The van der Waals surface area contributed by atoms with E-state index in [1.165, 1.54) is 6.92 Å². The quantitative estimate of drug-likeness (QED) is 0.886. The van der Waals surface area contributed by atoms with Crippen LogP contribution in [-0.4, -0.2) is 41.5 Å². The summed E-state index contributed by atoms with van der Waals surface area (Å²) in [5, 5.41) is 13.0. The van der Waals surface area contributed by atoms with Crippen molar-refractivity contribution in [3.63, 3.8) is 0 Å². The first-order valence-electron chi connectivity index (χ1n) is 8.52. The Morgan fingerprint density at radius 3 is 2.77 bits per heavy atom. The van der Waals surface area contributed by atoms with E-state index in [9.17, 15) is 14.7 Å². The zero-order chi connectivity index (χ0) is 18.7. The van der Waals surface area contributed by atoms with Crippen molar-refractivity contribution in [1.29, 1.82) is 0 Å². The summed E-state index contributed by atoms with van der Waals surface area (Å²) in [6.45, 7) is 4.34. The van der Waals surface area contributed by atoms with Crippen LogP contribution >= 0.6 is 0 Å². The Hall–Kier alpha value is -3.02. The molecule has 0 fully saturated rings. The van der Waals surface area contributed by atoms with Gasteiger partial charge in [0.1, 0.15) is 6.61 Å². The van der Waals surface area contributed by atoms with Gasteiger partial charge < -0.3 is 20.1 Å². The Morgan fingerprint density at radius 1 is 1.27 bits per heavy atom. The summed E-state index contributed by atoms with van der Waals surface area (Å²) in [4.78, 5) is 25.0. The van der Waals surface area contributed by atoms with Crippen molar-refractivity contribution >= 4 is 11.8 Å². The number of aryl methyl sites for hydroxylation is 1. The summed E-state index contributed by atoms with van der Waals surface area (Å²) in [7, 11) is 0. The van der Waals surface area contributed by atoms with E-state index < -0.39 is 0 Å². The Balaban J connectivity index is 1.91. The largest absolute Gasteiger partial charge is 0.504 e. The number of nitrogens with one attached hydrogen (secondary N) is 1. The maximum absolute atomic E-state index is 12.4. The molecule has 0 bridgehead atoms. The SMILES string of the molecule is CC(=O)NCC(=O)N1CCOc2c(O)cc(-c3ccccc3C)cc2C1. The molecule has 0 aromatic heterocycles. The van der Waals surface area contributed by atoms with E-state index in [1.54, 1.807) is 11.0 Å². The van der Waals surface area contributed by atoms with Crippen LogP contribution in [0.1, 0.15) is 18.1 Å². The fraction of sp³-hybridized carbons (Fsp3) is 0.300. The van der Waals surface area contributed by atoms with Crippen LogP contribution in [0.5, 0.6) is 11.5 Å². The number of benzene rings is 2. The van der Waals surface area contributed by atoms with Gasteiger partial charge in [0.05, 0.1) is 13.1 Å². The molecule has 0 unspecified atom stereocenters. The molecule has 1 aliphatic rings. The third kappa shape index (κ3) is 3.79. The van der Waals surface area contributed by atoms with Crippen molar-refractivity contribution in [1.82, 2.24) is 10.2 Å². The number of carbonyl (C=O) groups excluding carboxylic acids is 2. The number of aromatic hydroxyl groups is 1. The minimum atomic E-state index is -0.246. The van der Waals surface area contributed by atoms with Gasteiger partial charge in [-0.15, -0.1) is 0 Å². The van der Waals surface area contributed by atoms with Gasteiger partial charge in [0, 0.05) is 19.0 Å². The van der Waals surface area contributed by atoms with Crippen LogP contribution < -0.4 is 10.1 Å². The third-order valence-corrected chi connectivity index (χ3v) is 4.41. The second-order valence-electron chi connectivity index (χ2n) is 6.37. The average molecular weight is 354 g/mol. The number of hydrogen-bond donors (Lipinski definition) is 2. The molecule has 3 rings (SSSR count). The molecule has 1 heterocycles. The van der Waals surface area contributed by atoms with Gasteiger partial charge in [-0.2, -0.15) is 0 Å². The zero-order valence-corrected chi connectivity index (χ0v) is 14.9. The first kappa shape index (κ1) is 17.8. The number of hydrogen-bond acceptors (Lipinski definition) is 4. The van der Waals surface area contributed by atoms with Gasteiger partial charge in [0.15, 0.2) is 11.5 Å². The molecule has 6 heteroatoms. The van der Waals surface area contributed by atoms with E-state index in [2.05, 4.69) is 5.32 Å². The van der Waals surface area contributed by atoms with Crippen LogP contribution in [0.4, 0.5) is 0 Å². The van der Waals surface area contributed by atoms with Gasteiger partial charge in [0.25, 0.3) is 0 Å². The first-order chi connectivity index (χ1) is 12.5. The number of fused-ring (bicyclic) bond motifs is 1. The lowest BCUT2D eigenvalue weighted by Crippen LogP contribution is -2.40. The van der Waals surface area contributed by atoms with Crippen LogP contribution in [0.25, 0.3) is 11.1 Å². The second kappa shape index (κ2) is 7.47. The minimum Gasteiger partial charge on any atom is -0.504 e. The number of carbonyl (C=O) groups is 2. The highest BCUT2D eigenvalue weighted by atomic mass is 16.5. The van der Waals surface area contributed by atoms with Crippen molar-refractivity contribution in [3.05, 3.63) is 47.5 Å². The van der Waals surface area contributed by atoms with E-state index in [4.69, 9.17) is 4.74 Å². The Bertz CT molecular complexity index is 848. The molecule has 0 spiro atoms. The van der Waals surface area contributed by atoms with Crippen molar-refractivity contribution in [2.24, 2.45) is 0 Å². The molecule has 0 atom stereocenters. The first-order valence-corrected chi connectivity index (χ1v) is 8.52. The molecule has 1 aliphatic heterocycles. The normalized spacial score (nSPS) is 13.4. The van der Waals surface area contributed by atoms with Crippen molar-refractivity contribution in [2.45, 2.75) is 20.4 Å². The Labute approximate surface area is 152 Å². The fourth-order valence-electron chi connectivity index (χ4n) is 3.08. The lowest BCUT2D eigenvalue weighted by atomic mass is 9.98. The highest BCUT2D eigenvalue weighted by Crippen LogP contribution is 2.38. The molecular formula is C20H22N2O4. The highest BCUT2D eigenvalue weighted by molar-refractivity contribution is 5.84. The second-order valence-corrected chi connectivity index (χ2v) is 6.37. The molecule has 0 radical (unpaired) electrons. The van der Waals surface area contributed by atoms with Crippen molar-refractivity contribution in [2.75, 3.05) is 19.7 Å². The maximum atomic E-state index is 12.4. The standard InChI is InChI=1S/C20H22N2O4/c1-13-5-3-4-6-17(13)15-9-16-12-22(19(25)11-21-14(2)23)7-8-26-20(16)18(24)10-15/h3-6,9-10,24H,7-8,11-12H2,1-2H3,(H,21,23). The van der Waals surface area contributed by atoms with E-state index in [0.29, 0.717) is 18.8 Å². The number of nitrogens with zero attached hydrogens (tertiary/aromatic N) is 1. The van der Waals surface area contributed by atoms with E-state index in [-0.39, 0.29) is 30.7 Å². The van der Waals surface area contributed by atoms with Crippen LogP contribution in [0.3, 0.4) is 0 Å². The van der Waals surface area contributed by atoms with Gasteiger partial charge in [-0.3, -0.25) is 9.59 Å². The predicted octanol–water partition coefficient (Wildman–Crippen LogP) is 2.22. The molecular weight excluding hydrogens is 332 g/mol. The van der Waals surface area contributed by atoms with Crippen LogP contribution in [0.15, 0.2) is 36.4 Å². The molecule has 0 aliphatic carbocycles. The van der Waals surface area contributed by atoms with Crippen LogP contribution in [0, 0.1) is 6.92 Å². The summed E-state index contributed by atoms with van der Waals surface area (Å²) < 4.78 is 5.68. The Morgan fingerprint density at radius 2 is 2.04 bits per heavy atom. The highest BCUT2D eigenvalue weighted by Gasteiger charge is 2.23. The number of phenolic OH excluding ortho intramolecular Hbond substituents is 1. The maximum Gasteiger partial charge on any atom is 0.242 e. The average Bonchev–Trinajstić information content (AvgIpc) is 2.83. The number of rotatable bonds is 3. The fourth-order valence-corrected chi connectivity index (χ4v) is 3.08. The van der Waals surface area contributed by atoms with Gasteiger partial charge in [-0.1, -0.05) is 24.3 Å². The summed E-state index contributed by atoms with van der Waals surface area (Å²) in [6.07, 6.45) is 0. The molecule has 2 amide bonds. The van der Waals surface area contributed by atoms with Gasteiger partial charge >= 0.3 is 0 Å². The summed E-state index contributed by atoms with van der Waals surface area (Å²) in [5.41, 5.74) is 3.74. The number of phenols is 1. The Kier molecular flexibility index (Phi) is 5.11. The number of ether oxygens (including phenoxy) is 1. The van der Waals surface area contributed by atoms with E-state index in [0.717, 1.165) is 22.3 Å². The topological polar surface area (TPSA) is 78.9 Å². The third-order valence-electron chi connectivity index (χ3n) is 4.41. The smallest absolute Gasteiger partial charge is 0.242 e. The van der Waals surface area contributed by atoms with Gasteiger partial charge in [0.2, 0.25) is 11.8 Å². The summed E-state index contributed by atoms with van der Waals surface area (Å²) >= 11 is 0. The van der Waals surface area contributed by atoms with Crippen molar-refractivity contribution < 1.29 is 19.4 Å². The summed E-state index contributed by atoms with van der Waals surface area (Å²) in [6, 6.07) is 11.6. The predicted molar refractivity (Wildman–Crippen MR) is 97.9 cm³/mol. The van der Waals surface area contributed by atoms with Crippen molar-refractivity contribution in [3.8, 4) is 22.6 Å². The molecule has 26 heavy (non-hydrogen) atoms. The zero-order valence-electron chi connectivity index (χ0n) is 14.9. The monoisotopic (exact) mass is 354 g/mol. The molecule has 2 aromatic rings. The van der Waals surface area contributed by atoms with Crippen LogP contribution in [0.2, 0.25) is 0 Å². The molecule has 2 N–H and O–H groups in total. The van der Waals surface area contributed by atoms with Gasteiger partial charge in [-0.05, 0) is 35.7 Å². The summed E-state index contributed by atoms with van der Waals surface area (Å²) in [5.74, 6) is 0.0517. The van der Waals surface area contributed by atoms with E-state index >= 15 is 0 Å². The molecule has 6 nitrogen and oxygen atoms in total.